The lowest BCUT2D eigenvalue weighted by Gasteiger charge is -2.22. The largest absolute Gasteiger partial charge is 0.497 e. The van der Waals surface area contributed by atoms with Crippen LogP contribution in [-0.2, 0) is 11.2 Å². The van der Waals surface area contributed by atoms with E-state index in [-0.39, 0.29) is 0 Å². The van der Waals surface area contributed by atoms with Gasteiger partial charge in [0.15, 0.2) is 5.82 Å². The first-order valence-corrected chi connectivity index (χ1v) is 13.7. The minimum Gasteiger partial charge on any atom is -0.497 e. The summed E-state index contributed by atoms with van der Waals surface area (Å²) in [7, 11) is 5.37. The maximum Gasteiger partial charge on any atom is 0.161 e. The molecule has 1 aliphatic carbocycles. The summed E-state index contributed by atoms with van der Waals surface area (Å²) in [6, 6.07) is 22.0. The number of carbonyl (C=O) groups excluding carboxylic acids is 1. The van der Waals surface area contributed by atoms with Crippen LogP contribution in [0.5, 0.6) is 17.2 Å². The van der Waals surface area contributed by atoms with E-state index in [0.717, 1.165) is 71.9 Å². The molecule has 3 aromatic carbocycles. The molecule has 1 heterocycles. The molecule has 0 radical (unpaired) electrons. The molecule has 0 bridgehead atoms. The highest BCUT2D eigenvalue weighted by atomic mass is 16.5. The highest BCUT2D eigenvalue weighted by Gasteiger charge is 2.22. The first-order valence-electron chi connectivity index (χ1n) is 13.7. The van der Waals surface area contributed by atoms with Gasteiger partial charge in [-0.15, -0.1) is 0 Å². The van der Waals surface area contributed by atoms with Crippen molar-refractivity contribution in [2.24, 2.45) is 0 Å². The number of benzene rings is 3. The topological polar surface area (TPSA) is 73.8 Å². The van der Waals surface area contributed by atoms with Crippen molar-refractivity contribution in [1.82, 2.24) is 9.97 Å². The van der Waals surface area contributed by atoms with Crippen molar-refractivity contribution < 1.29 is 19.0 Å². The lowest BCUT2D eigenvalue weighted by Crippen LogP contribution is -2.22. The van der Waals surface area contributed by atoms with Crippen molar-refractivity contribution in [2.75, 3.05) is 39.3 Å². The summed E-state index contributed by atoms with van der Waals surface area (Å²) in [5.41, 5.74) is 5.49. The normalized spacial score (nSPS) is 13.9. The summed E-state index contributed by atoms with van der Waals surface area (Å²) in [5, 5.41) is 0. The zero-order valence-corrected chi connectivity index (χ0v) is 23.3. The van der Waals surface area contributed by atoms with E-state index >= 15 is 0 Å². The number of aromatic nitrogens is 2. The van der Waals surface area contributed by atoms with Crippen molar-refractivity contribution in [3.05, 3.63) is 84.1 Å². The predicted molar refractivity (Wildman–Crippen MR) is 158 cm³/mol. The van der Waals surface area contributed by atoms with E-state index in [0.29, 0.717) is 24.8 Å². The molecular formula is C33H35N3O4. The fourth-order valence-corrected chi connectivity index (χ4v) is 5.25. The third-order valence-electron chi connectivity index (χ3n) is 7.48. The molecular weight excluding hydrogens is 502 g/mol. The Kier molecular flexibility index (Phi) is 8.59. The molecule has 0 saturated heterocycles. The summed E-state index contributed by atoms with van der Waals surface area (Å²) < 4.78 is 16.8. The van der Waals surface area contributed by atoms with Crippen LogP contribution in [0.4, 0.5) is 5.82 Å². The van der Waals surface area contributed by atoms with Gasteiger partial charge in [0.25, 0.3) is 0 Å². The van der Waals surface area contributed by atoms with Crippen LogP contribution in [0.15, 0.2) is 72.9 Å². The van der Waals surface area contributed by atoms with Gasteiger partial charge < -0.3 is 23.9 Å². The maximum atomic E-state index is 11.0. The van der Waals surface area contributed by atoms with Crippen LogP contribution >= 0.6 is 0 Å². The molecule has 0 aliphatic heterocycles. The maximum absolute atomic E-state index is 11.0. The Balaban J connectivity index is 1.30. The van der Waals surface area contributed by atoms with Crippen LogP contribution in [-0.4, -0.2) is 50.7 Å². The van der Waals surface area contributed by atoms with Crippen LogP contribution < -0.4 is 19.1 Å². The number of aryl methyl sites for hydroxylation is 1. The van der Waals surface area contributed by atoms with Crippen molar-refractivity contribution >= 4 is 12.1 Å². The highest BCUT2D eigenvalue weighted by molar-refractivity contribution is 5.77. The van der Waals surface area contributed by atoms with Gasteiger partial charge in [0, 0.05) is 37.3 Å². The summed E-state index contributed by atoms with van der Waals surface area (Å²) in [6.45, 7) is 1.35. The number of hydrogen-bond donors (Lipinski definition) is 0. The van der Waals surface area contributed by atoms with E-state index in [1.807, 2.05) is 60.8 Å². The molecule has 0 unspecified atom stereocenters. The fraction of sp³-hybridized carbons (Fsp3) is 0.303. The van der Waals surface area contributed by atoms with Gasteiger partial charge in [-0.1, -0.05) is 18.2 Å². The Morgan fingerprint density at radius 2 is 1.60 bits per heavy atom. The average molecular weight is 538 g/mol. The lowest BCUT2D eigenvalue weighted by atomic mass is 9.99. The Morgan fingerprint density at radius 1 is 0.925 bits per heavy atom. The minimum absolute atomic E-state index is 0.353. The molecule has 4 aromatic rings. The third kappa shape index (κ3) is 6.09. The molecule has 0 fully saturated rings. The summed E-state index contributed by atoms with van der Waals surface area (Å²) in [6.07, 6.45) is 6.38. The Morgan fingerprint density at radius 3 is 2.27 bits per heavy atom. The second kappa shape index (κ2) is 12.6. The van der Waals surface area contributed by atoms with Gasteiger partial charge in [0.1, 0.15) is 29.4 Å². The number of aldehydes is 1. The standard InChI is InChI=1S/C33H35N3O4/c1-36(18-4-20-40-29-15-16-30-24(17-19-37)5-6-26(30)21-29)33-31(23-7-11-27(38-2)12-8-23)22-34-32(35-33)25-9-13-28(39-3)14-10-25/h7-16,19,21-22,24H,4-6,17-18,20H2,1-3H3/t24-/m0/s1. The Hall–Kier alpha value is -4.39. The first-order chi connectivity index (χ1) is 19.6. The second-order valence-electron chi connectivity index (χ2n) is 10.0. The predicted octanol–water partition coefficient (Wildman–Crippen LogP) is 6.35. The van der Waals surface area contributed by atoms with Gasteiger partial charge >= 0.3 is 0 Å². The molecule has 1 aliphatic rings. The molecule has 7 heteroatoms. The summed E-state index contributed by atoms with van der Waals surface area (Å²) in [5.74, 6) is 4.34. The van der Waals surface area contributed by atoms with Crippen molar-refractivity contribution in [1.29, 1.82) is 0 Å². The number of ether oxygens (including phenoxy) is 3. The second-order valence-corrected chi connectivity index (χ2v) is 10.0. The smallest absolute Gasteiger partial charge is 0.161 e. The third-order valence-corrected chi connectivity index (χ3v) is 7.48. The highest BCUT2D eigenvalue weighted by Crippen LogP contribution is 2.37. The fourth-order valence-electron chi connectivity index (χ4n) is 5.25. The SMILES string of the molecule is COc1ccc(-c2ncc(-c3ccc(OC)cc3)c(N(C)CCCOc3ccc4c(c3)CC[C@H]4CC=O)n2)cc1. The number of rotatable bonds is 12. The summed E-state index contributed by atoms with van der Waals surface area (Å²) in [4.78, 5) is 22.8. The molecule has 0 saturated carbocycles. The zero-order chi connectivity index (χ0) is 27.9. The van der Waals surface area contributed by atoms with Crippen molar-refractivity contribution in [2.45, 2.75) is 31.6 Å². The zero-order valence-electron chi connectivity index (χ0n) is 23.3. The molecule has 206 valence electrons. The van der Waals surface area contributed by atoms with Gasteiger partial charge in [-0.25, -0.2) is 9.97 Å². The van der Waals surface area contributed by atoms with Crippen LogP contribution in [0, 0.1) is 0 Å². The molecule has 0 N–H and O–H groups in total. The number of methoxy groups -OCH3 is 2. The average Bonchev–Trinajstić information content (AvgIpc) is 3.41. The number of fused-ring (bicyclic) bond motifs is 1. The molecule has 0 spiro atoms. The number of anilines is 1. The van der Waals surface area contributed by atoms with Gasteiger partial charge in [-0.2, -0.15) is 0 Å². The van der Waals surface area contributed by atoms with Crippen molar-refractivity contribution in [3.8, 4) is 39.8 Å². The monoisotopic (exact) mass is 537 g/mol. The van der Waals surface area contributed by atoms with Crippen LogP contribution in [0.3, 0.4) is 0 Å². The first kappa shape index (κ1) is 27.2. The van der Waals surface area contributed by atoms with E-state index < -0.39 is 0 Å². The van der Waals surface area contributed by atoms with Gasteiger partial charge in [-0.3, -0.25) is 0 Å². The lowest BCUT2D eigenvalue weighted by molar-refractivity contribution is -0.108. The number of hydrogen-bond acceptors (Lipinski definition) is 7. The van der Waals surface area contributed by atoms with Crippen LogP contribution in [0.1, 0.15) is 36.3 Å². The Bertz CT molecular complexity index is 1440. The Labute approximate surface area is 235 Å². The molecule has 5 rings (SSSR count). The molecule has 0 amide bonds. The van der Waals surface area contributed by atoms with E-state index in [2.05, 4.69) is 24.1 Å². The molecule has 1 aromatic heterocycles. The molecule has 40 heavy (non-hydrogen) atoms. The van der Waals surface area contributed by atoms with Gasteiger partial charge in [0.2, 0.25) is 0 Å². The van der Waals surface area contributed by atoms with E-state index in [1.165, 1.54) is 11.1 Å². The summed E-state index contributed by atoms with van der Waals surface area (Å²) >= 11 is 0. The molecule has 1 atom stereocenters. The number of carbonyl (C=O) groups is 1. The van der Waals surface area contributed by atoms with E-state index in [4.69, 9.17) is 24.2 Å². The quantitative estimate of drug-likeness (QED) is 0.154. The van der Waals surface area contributed by atoms with Crippen molar-refractivity contribution in [3.63, 3.8) is 0 Å². The van der Waals surface area contributed by atoms with Gasteiger partial charge in [-0.05, 0) is 90.4 Å². The van der Waals surface area contributed by atoms with Crippen LogP contribution in [0.2, 0.25) is 0 Å². The van der Waals surface area contributed by atoms with Gasteiger partial charge in [0.05, 0.1) is 20.8 Å². The molecule has 7 nitrogen and oxygen atoms in total. The van der Waals surface area contributed by atoms with Crippen LogP contribution in [0.25, 0.3) is 22.5 Å². The van der Waals surface area contributed by atoms with E-state index in [1.54, 1.807) is 14.2 Å². The number of nitrogens with zero attached hydrogens (tertiary/aromatic N) is 3. The minimum atomic E-state index is 0.353. The van der Waals surface area contributed by atoms with E-state index in [9.17, 15) is 4.79 Å².